The van der Waals surface area contributed by atoms with E-state index in [0.717, 1.165) is 6.07 Å². The molecule has 6 nitrogen and oxygen atoms in total. The largest absolute Gasteiger partial charge is 0.491 e. The molecule has 2 rings (SSSR count). The smallest absolute Gasteiger partial charge is 0.240 e. The summed E-state index contributed by atoms with van der Waals surface area (Å²) >= 11 is 0. The Morgan fingerprint density at radius 2 is 2.09 bits per heavy atom. The van der Waals surface area contributed by atoms with E-state index >= 15 is 0 Å². The summed E-state index contributed by atoms with van der Waals surface area (Å²) in [5.74, 6) is -0.737. The number of benzene rings is 1. The average Bonchev–Trinajstić information content (AvgIpc) is 2.48. The van der Waals surface area contributed by atoms with Gasteiger partial charge in [0.25, 0.3) is 0 Å². The van der Waals surface area contributed by atoms with Gasteiger partial charge in [0, 0.05) is 32.6 Å². The molecule has 0 atom stereocenters. The first-order valence-electron chi connectivity index (χ1n) is 7.08. The summed E-state index contributed by atoms with van der Waals surface area (Å²) in [5.41, 5.74) is -1.13. The highest BCUT2D eigenvalue weighted by Crippen LogP contribution is 2.23. The van der Waals surface area contributed by atoms with Crippen LogP contribution >= 0.6 is 0 Å². The van der Waals surface area contributed by atoms with Gasteiger partial charge in [-0.1, -0.05) is 0 Å². The van der Waals surface area contributed by atoms with E-state index in [1.807, 2.05) is 0 Å². The molecule has 1 aromatic carbocycles. The third-order valence-corrected chi connectivity index (χ3v) is 4.93. The first-order valence-corrected chi connectivity index (χ1v) is 8.57. The summed E-state index contributed by atoms with van der Waals surface area (Å²) in [6.07, 6.45) is 0.709. The van der Waals surface area contributed by atoms with Gasteiger partial charge in [-0.15, -0.1) is 0 Å². The lowest BCUT2D eigenvalue weighted by Gasteiger charge is -2.31. The normalized spacial score (nSPS) is 18.1. The number of ether oxygens (including phenoxy) is 2. The molecule has 1 heterocycles. The Hall–Kier alpha value is -1.22. The number of sulfonamides is 1. The van der Waals surface area contributed by atoms with Crippen molar-refractivity contribution in [1.82, 2.24) is 4.72 Å². The van der Waals surface area contributed by atoms with E-state index in [9.17, 15) is 17.9 Å². The molecule has 0 aromatic heterocycles. The molecule has 124 valence electrons. The van der Waals surface area contributed by atoms with Gasteiger partial charge in [0.1, 0.15) is 0 Å². The van der Waals surface area contributed by atoms with Crippen molar-refractivity contribution >= 4 is 10.0 Å². The van der Waals surface area contributed by atoms with Crippen molar-refractivity contribution in [2.75, 3.05) is 26.4 Å². The predicted molar refractivity (Wildman–Crippen MR) is 77.8 cm³/mol. The number of aliphatic hydroxyl groups is 1. The van der Waals surface area contributed by atoms with Crippen molar-refractivity contribution in [1.29, 1.82) is 0 Å². The second-order valence-corrected chi connectivity index (χ2v) is 6.95. The maximum atomic E-state index is 13.8. The Balaban J connectivity index is 2.08. The first-order chi connectivity index (χ1) is 10.4. The van der Waals surface area contributed by atoms with Gasteiger partial charge < -0.3 is 14.6 Å². The highest BCUT2D eigenvalue weighted by atomic mass is 32.2. The van der Waals surface area contributed by atoms with Gasteiger partial charge in [0.15, 0.2) is 11.6 Å². The number of hydrogen-bond donors (Lipinski definition) is 2. The lowest BCUT2D eigenvalue weighted by Crippen LogP contribution is -2.46. The molecule has 0 spiro atoms. The minimum atomic E-state index is -3.90. The molecule has 1 aliphatic heterocycles. The molecule has 1 aromatic rings. The summed E-state index contributed by atoms with van der Waals surface area (Å²) in [6.45, 7) is 2.63. The Labute approximate surface area is 129 Å². The highest BCUT2D eigenvalue weighted by molar-refractivity contribution is 7.89. The third kappa shape index (κ3) is 4.16. The van der Waals surface area contributed by atoms with Crippen LogP contribution in [0, 0.1) is 5.82 Å². The third-order valence-electron chi connectivity index (χ3n) is 3.53. The molecular weight excluding hydrogens is 313 g/mol. The Bertz CT molecular complexity index is 614. The minimum Gasteiger partial charge on any atom is -0.491 e. The van der Waals surface area contributed by atoms with Gasteiger partial charge in [0.2, 0.25) is 10.0 Å². The van der Waals surface area contributed by atoms with E-state index in [-0.39, 0.29) is 23.8 Å². The quantitative estimate of drug-likeness (QED) is 0.813. The van der Waals surface area contributed by atoms with E-state index in [1.54, 1.807) is 6.92 Å². The van der Waals surface area contributed by atoms with Crippen LogP contribution in [0.3, 0.4) is 0 Å². The molecule has 1 saturated heterocycles. The second-order valence-electron chi connectivity index (χ2n) is 5.19. The lowest BCUT2D eigenvalue weighted by atomic mass is 9.95. The molecule has 22 heavy (non-hydrogen) atoms. The number of rotatable bonds is 6. The van der Waals surface area contributed by atoms with Crippen LogP contribution in [0.5, 0.6) is 5.75 Å². The van der Waals surface area contributed by atoms with Crippen molar-refractivity contribution in [3.8, 4) is 5.75 Å². The molecule has 8 heteroatoms. The second kappa shape index (κ2) is 6.91. The van der Waals surface area contributed by atoms with Crippen LogP contribution < -0.4 is 9.46 Å². The zero-order valence-electron chi connectivity index (χ0n) is 12.3. The van der Waals surface area contributed by atoms with Gasteiger partial charge in [-0.05, 0) is 25.1 Å². The first kappa shape index (κ1) is 17.1. The summed E-state index contributed by atoms with van der Waals surface area (Å²) in [7, 11) is -3.90. The molecule has 0 radical (unpaired) electrons. The van der Waals surface area contributed by atoms with Gasteiger partial charge in [-0.2, -0.15) is 0 Å². The summed E-state index contributed by atoms with van der Waals surface area (Å²) in [5, 5.41) is 10.2. The Morgan fingerprint density at radius 3 is 2.68 bits per heavy atom. The van der Waals surface area contributed by atoms with E-state index < -0.39 is 21.4 Å². The lowest BCUT2D eigenvalue weighted by molar-refractivity contribution is -0.0588. The van der Waals surface area contributed by atoms with Gasteiger partial charge in [0.05, 0.1) is 17.1 Å². The monoisotopic (exact) mass is 333 g/mol. The number of hydrogen-bond acceptors (Lipinski definition) is 5. The standard InChI is InChI=1S/C14H20FNO5S/c1-2-21-13-4-3-11(9-12(13)15)22(18,19)16-10-14(17)5-7-20-8-6-14/h3-4,9,16-17H,2,5-8,10H2,1H3. The van der Waals surface area contributed by atoms with Crippen molar-refractivity contribution < 1.29 is 27.4 Å². The molecule has 0 unspecified atom stereocenters. The maximum absolute atomic E-state index is 13.8. The molecular formula is C14H20FNO5S. The summed E-state index contributed by atoms with van der Waals surface area (Å²) < 4.78 is 50.6. The van der Waals surface area contributed by atoms with E-state index in [2.05, 4.69) is 4.72 Å². The number of halogens is 1. The fraction of sp³-hybridized carbons (Fsp3) is 0.571. The predicted octanol–water partition coefficient (Wildman–Crippen LogP) is 1.04. The maximum Gasteiger partial charge on any atom is 0.240 e. The van der Waals surface area contributed by atoms with Crippen LogP contribution in [0.15, 0.2) is 23.1 Å². The van der Waals surface area contributed by atoms with Crippen LogP contribution in [-0.4, -0.2) is 45.5 Å². The van der Waals surface area contributed by atoms with Crippen LogP contribution in [0.1, 0.15) is 19.8 Å². The average molecular weight is 333 g/mol. The van der Waals surface area contributed by atoms with Gasteiger partial charge in [-0.3, -0.25) is 0 Å². The molecule has 1 aliphatic rings. The van der Waals surface area contributed by atoms with E-state index in [4.69, 9.17) is 9.47 Å². The topological polar surface area (TPSA) is 84.9 Å². The number of nitrogens with one attached hydrogen (secondary N) is 1. The minimum absolute atomic E-state index is 0.00417. The Morgan fingerprint density at radius 1 is 1.41 bits per heavy atom. The zero-order valence-corrected chi connectivity index (χ0v) is 13.2. The van der Waals surface area contributed by atoms with Crippen molar-refractivity contribution in [3.05, 3.63) is 24.0 Å². The van der Waals surface area contributed by atoms with Crippen molar-refractivity contribution in [3.63, 3.8) is 0 Å². The highest BCUT2D eigenvalue weighted by Gasteiger charge is 2.31. The van der Waals surface area contributed by atoms with Crippen molar-refractivity contribution in [2.24, 2.45) is 0 Å². The molecule has 0 saturated carbocycles. The fourth-order valence-corrected chi connectivity index (χ4v) is 3.29. The molecule has 1 fully saturated rings. The molecule has 0 bridgehead atoms. The van der Waals surface area contributed by atoms with Crippen LogP contribution in [0.2, 0.25) is 0 Å². The van der Waals surface area contributed by atoms with Gasteiger partial charge in [-0.25, -0.2) is 17.5 Å². The van der Waals surface area contributed by atoms with E-state index in [1.165, 1.54) is 12.1 Å². The van der Waals surface area contributed by atoms with Crippen LogP contribution in [0.4, 0.5) is 4.39 Å². The summed E-state index contributed by atoms with van der Waals surface area (Å²) in [4.78, 5) is -0.205. The SMILES string of the molecule is CCOc1ccc(S(=O)(=O)NCC2(O)CCOCC2)cc1F. The van der Waals surface area contributed by atoms with Gasteiger partial charge >= 0.3 is 0 Å². The van der Waals surface area contributed by atoms with E-state index in [0.29, 0.717) is 26.1 Å². The Kier molecular flexibility index (Phi) is 5.38. The fourth-order valence-electron chi connectivity index (χ4n) is 2.16. The van der Waals surface area contributed by atoms with Crippen LogP contribution in [0.25, 0.3) is 0 Å². The van der Waals surface area contributed by atoms with Crippen LogP contribution in [-0.2, 0) is 14.8 Å². The molecule has 0 aliphatic carbocycles. The summed E-state index contributed by atoms with van der Waals surface area (Å²) in [6, 6.07) is 3.45. The molecule has 2 N–H and O–H groups in total. The molecule has 0 amide bonds. The zero-order chi connectivity index (χ0) is 16.2. The van der Waals surface area contributed by atoms with Crippen molar-refractivity contribution in [2.45, 2.75) is 30.3 Å².